The zero-order valence-corrected chi connectivity index (χ0v) is 14.6. The molecule has 1 fully saturated rings. The minimum absolute atomic E-state index is 0.0979. The van der Waals surface area contributed by atoms with Crippen molar-refractivity contribution < 1.29 is 9.53 Å². The second kappa shape index (κ2) is 7.44. The molecule has 1 heterocycles. The van der Waals surface area contributed by atoms with E-state index in [0.29, 0.717) is 6.42 Å². The van der Waals surface area contributed by atoms with Crippen LogP contribution in [0.1, 0.15) is 27.9 Å². The minimum Gasteiger partial charge on any atom is -0.457 e. The number of likely N-dealkylation sites (tertiary alicyclic amines) is 1. The van der Waals surface area contributed by atoms with Crippen LogP contribution >= 0.6 is 0 Å². The largest absolute Gasteiger partial charge is 0.457 e. The van der Waals surface area contributed by atoms with Gasteiger partial charge in [-0.3, -0.25) is 4.79 Å². The van der Waals surface area contributed by atoms with Crippen molar-refractivity contribution in [3.8, 4) is 11.5 Å². The number of carbonyl (C=O) groups excluding carboxylic acids is 1. The number of benzene rings is 3. The first-order valence-corrected chi connectivity index (χ1v) is 8.99. The Labute approximate surface area is 153 Å². The molecule has 0 atom stereocenters. The van der Waals surface area contributed by atoms with Gasteiger partial charge in [0.15, 0.2) is 0 Å². The molecule has 0 unspecified atom stereocenters. The van der Waals surface area contributed by atoms with Gasteiger partial charge in [-0.05, 0) is 36.2 Å². The summed E-state index contributed by atoms with van der Waals surface area (Å²) in [5.74, 6) is 1.61. The summed E-state index contributed by atoms with van der Waals surface area (Å²) in [7, 11) is 0. The Morgan fingerprint density at radius 3 is 2.19 bits per heavy atom. The summed E-state index contributed by atoms with van der Waals surface area (Å²) < 4.78 is 6.13. The van der Waals surface area contributed by atoms with Crippen LogP contribution in [0.3, 0.4) is 0 Å². The van der Waals surface area contributed by atoms with Crippen molar-refractivity contribution in [3.63, 3.8) is 0 Å². The van der Waals surface area contributed by atoms with Gasteiger partial charge < -0.3 is 9.64 Å². The van der Waals surface area contributed by atoms with Crippen LogP contribution in [0.2, 0.25) is 0 Å². The Bertz CT molecular complexity index is 887. The Morgan fingerprint density at radius 2 is 1.54 bits per heavy atom. The van der Waals surface area contributed by atoms with E-state index in [-0.39, 0.29) is 5.91 Å². The second-order valence-electron chi connectivity index (χ2n) is 6.51. The fourth-order valence-corrected chi connectivity index (χ4v) is 3.15. The lowest BCUT2D eigenvalue weighted by Crippen LogP contribution is -2.42. The third-order valence-electron chi connectivity index (χ3n) is 4.70. The van der Waals surface area contributed by atoms with Gasteiger partial charge in [0.05, 0.1) is 0 Å². The molecule has 3 heteroatoms. The molecule has 0 saturated carbocycles. The van der Waals surface area contributed by atoms with Crippen LogP contribution < -0.4 is 4.74 Å². The highest BCUT2D eigenvalue weighted by Gasteiger charge is 2.25. The van der Waals surface area contributed by atoms with E-state index in [9.17, 15) is 4.79 Å². The smallest absolute Gasteiger partial charge is 0.254 e. The highest BCUT2D eigenvalue weighted by molar-refractivity contribution is 5.97. The summed E-state index contributed by atoms with van der Waals surface area (Å²) in [4.78, 5) is 14.8. The molecule has 1 saturated heterocycles. The van der Waals surface area contributed by atoms with Gasteiger partial charge in [-0.2, -0.15) is 0 Å². The lowest BCUT2D eigenvalue weighted by molar-refractivity contribution is 0.0650. The zero-order chi connectivity index (χ0) is 17.8. The van der Waals surface area contributed by atoms with E-state index in [1.54, 1.807) is 0 Å². The van der Waals surface area contributed by atoms with E-state index in [1.165, 1.54) is 0 Å². The molecule has 130 valence electrons. The number of para-hydroxylation sites is 1. The number of amides is 1. The van der Waals surface area contributed by atoms with Gasteiger partial charge in [0, 0.05) is 30.6 Å². The van der Waals surface area contributed by atoms with Crippen molar-refractivity contribution >= 4 is 5.91 Å². The Kier molecular flexibility index (Phi) is 4.69. The van der Waals surface area contributed by atoms with E-state index < -0.39 is 0 Å². The summed E-state index contributed by atoms with van der Waals surface area (Å²) in [6.45, 7) is 1.68. The average Bonchev–Trinajstić information content (AvgIpc) is 2.63. The molecule has 1 amide bonds. The lowest BCUT2D eigenvalue weighted by atomic mass is 9.97. The summed E-state index contributed by atoms with van der Waals surface area (Å²) in [6.07, 6.45) is 1.75. The number of hydrogen-bond acceptors (Lipinski definition) is 2. The second-order valence-corrected chi connectivity index (χ2v) is 6.51. The summed E-state index contributed by atoms with van der Waals surface area (Å²) in [5, 5.41) is 0. The molecule has 4 rings (SSSR count). The standard InChI is InChI=1S/C23H21NO2/c25-23(24-15-8-16-24)20-13-7-14-22(26-19-11-5-2-6-12-19)21(20)17-18-9-3-1-4-10-18/h1-7,9-14H,8,15-17H2. The first kappa shape index (κ1) is 16.4. The molecule has 0 bridgehead atoms. The zero-order valence-electron chi connectivity index (χ0n) is 14.6. The first-order chi connectivity index (χ1) is 12.8. The van der Waals surface area contributed by atoms with Crippen LogP contribution in [0.15, 0.2) is 78.9 Å². The van der Waals surface area contributed by atoms with Crippen molar-refractivity contribution in [1.29, 1.82) is 0 Å². The molecule has 3 aromatic carbocycles. The number of rotatable bonds is 5. The Hall–Kier alpha value is -3.07. The summed E-state index contributed by atoms with van der Waals surface area (Å²) in [6, 6.07) is 25.7. The van der Waals surface area contributed by atoms with Gasteiger partial charge in [0.25, 0.3) is 5.91 Å². The topological polar surface area (TPSA) is 29.5 Å². The van der Waals surface area contributed by atoms with E-state index in [4.69, 9.17) is 4.74 Å². The number of carbonyl (C=O) groups is 1. The Balaban J connectivity index is 1.73. The summed E-state index contributed by atoms with van der Waals surface area (Å²) in [5.41, 5.74) is 2.84. The molecular formula is C23H21NO2. The van der Waals surface area contributed by atoms with E-state index in [2.05, 4.69) is 12.1 Å². The molecular weight excluding hydrogens is 322 g/mol. The van der Waals surface area contributed by atoms with Crippen LogP contribution in [0.25, 0.3) is 0 Å². The fraction of sp³-hybridized carbons (Fsp3) is 0.174. The number of ether oxygens (including phenoxy) is 1. The van der Waals surface area contributed by atoms with Gasteiger partial charge in [-0.1, -0.05) is 54.6 Å². The van der Waals surface area contributed by atoms with E-state index in [0.717, 1.165) is 47.7 Å². The third kappa shape index (κ3) is 3.47. The van der Waals surface area contributed by atoms with E-state index >= 15 is 0 Å². The molecule has 26 heavy (non-hydrogen) atoms. The van der Waals surface area contributed by atoms with Crippen molar-refractivity contribution in [1.82, 2.24) is 4.90 Å². The monoisotopic (exact) mass is 343 g/mol. The van der Waals surface area contributed by atoms with Crippen LogP contribution in [-0.2, 0) is 6.42 Å². The molecule has 3 nitrogen and oxygen atoms in total. The van der Waals surface area contributed by atoms with Crippen molar-refractivity contribution in [2.45, 2.75) is 12.8 Å². The maximum Gasteiger partial charge on any atom is 0.254 e. The van der Waals surface area contributed by atoms with Crippen molar-refractivity contribution in [3.05, 3.63) is 95.6 Å². The summed E-state index contributed by atoms with van der Waals surface area (Å²) >= 11 is 0. The Morgan fingerprint density at radius 1 is 0.846 bits per heavy atom. The minimum atomic E-state index is 0.0979. The van der Waals surface area contributed by atoms with E-state index in [1.807, 2.05) is 71.6 Å². The normalized spacial score (nSPS) is 13.2. The maximum absolute atomic E-state index is 12.9. The molecule has 0 aromatic heterocycles. The first-order valence-electron chi connectivity index (χ1n) is 8.99. The SMILES string of the molecule is O=C(c1cccc(Oc2ccccc2)c1Cc1ccccc1)N1CCC1. The van der Waals surface area contributed by atoms with Crippen molar-refractivity contribution in [2.24, 2.45) is 0 Å². The van der Waals surface area contributed by atoms with Crippen molar-refractivity contribution in [2.75, 3.05) is 13.1 Å². The molecule has 1 aliphatic rings. The predicted octanol–water partition coefficient (Wildman–Crippen LogP) is 4.92. The number of hydrogen-bond donors (Lipinski definition) is 0. The average molecular weight is 343 g/mol. The molecule has 0 N–H and O–H groups in total. The predicted molar refractivity (Wildman–Crippen MR) is 103 cm³/mol. The molecule has 0 spiro atoms. The van der Waals surface area contributed by atoms with Crippen LogP contribution in [0, 0.1) is 0 Å². The van der Waals surface area contributed by atoms with Gasteiger partial charge in [0.2, 0.25) is 0 Å². The van der Waals surface area contributed by atoms with Gasteiger partial charge in [-0.15, -0.1) is 0 Å². The van der Waals surface area contributed by atoms with Gasteiger partial charge in [-0.25, -0.2) is 0 Å². The van der Waals surface area contributed by atoms with Gasteiger partial charge in [0.1, 0.15) is 11.5 Å². The molecule has 0 aliphatic carbocycles. The third-order valence-corrected chi connectivity index (χ3v) is 4.70. The quantitative estimate of drug-likeness (QED) is 0.658. The lowest BCUT2D eigenvalue weighted by Gasteiger charge is -2.31. The molecule has 0 radical (unpaired) electrons. The molecule has 3 aromatic rings. The number of nitrogens with zero attached hydrogens (tertiary/aromatic N) is 1. The fourth-order valence-electron chi connectivity index (χ4n) is 3.15. The highest BCUT2D eigenvalue weighted by atomic mass is 16.5. The van der Waals surface area contributed by atoms with Crippen LogP contribution in [0.5, 0.6) is 11.5 Å². The van der Waals surface area contributed by atoms with Crippen LogP contribution in [-0.4, -0.2) is 23.9 Å². The van der Waals surface area contributed by atoms with Gasteiger partial charge >= 0.3 is 0 Å². The highest BCUT2D eigenvalue weighted by Crippen LogP contribution is 2.31. The maximum atomic E-state index is 12.9. The van der Waals surface area contributed by atoms with Crippen LogP contribution in [0.4, 0.5) is 0 Å². The molecule has 1 aliphatic heterocycles.